The molecular weight excluding hydrogens is 877 g/mol. The van der Waals surface area contributed by atoms with Gasteiger partial charge in [-0.2, -0.15) is 0 Å². The van der Waals surface area contributed by atoms with E-state index in [-0.39, 0.29) is 11.8 Å². The number of aryl methyl sites for hydroxylation is 4. The Labute approximate surface area is 439 Å². The Morgan fingerprint density at radius 3 is 0.569 bits per heavy atom. The van der Waals surface area contributed by atoms with Gasteiger partial charge in [-0.25, -0.2) is 0 Å². The van der Waals surface area contributed by atoms with Crippen LogP contribution in [-0.2, 0) is 0 Å². The molecule has 0 bridgehead atoms. The highest BCUT2D eigenvalue weighted by molar-refractivity contribution is 5.62. The molecule has 0 aliphatic rings. The second kappa shape index (κ2) is 27.8. The van der Waals surface area contributed by atoms with Crippen molar-refractivity contribution in [1.82, 2.24) is 0 Å². The van der Waals surface area contributed by atoms with Crippen molar-refractivity contribution < 1.29 is 0 Å². The molecule has 6 rings (SSSR count). The van der Waals surface area contributed by atoms with Gasteiger partial charge < -0.3 is 29.4 Å². The third kappa shape index (κ3) is 13.4. The van der Waals surface area contributed by atoms with Crippen molar-refractivity contribution in [3.05, 3.63) is 177 Å². The van der Waals surface area contributed by atoms with Gasteiger partial charge in [-0.1, -0.05) is 48.5 Å². The molecule has 0 radical (unpaired) electrons. The summed E-state index contributed by atoms with van der Waals surface area (Å²) >= 11 is 0. The van der Waals surface area contributed by atoms with E-state index in [0.717, 1.165) is 78.5 Å². The van der Waals surface area contributed by atoms with Crippen LogP contribution in [0.1, 0.15) is 151 Å². The maximum Gasteiger partial charge on any atom is 0.0368 e. The molecule has 0 spiro atoms. The Balaban J connectivity index is 0.000000267. The van der Waals surface area contributed by atoms with Gasteiger partial charge in [0.15, 0.2) is 0 Å². The SMILES string of the molecule is CCN(CC)c1ccc(C(c2ccc(N(CC)CC)cc2C)c2ccc(N(CC)CC)cc2C)cc1.CCN(CC)c1ccc(C(c2ccc(N(CC)CC)cc2C)c2ccc(N(CC)CC)cc2C)cc1. The normalized spacial score (nSPS) is 11.1. The molecule has 0 atom stereocenters. The van der Waals surface area contributed by atoms with Gasteiger partial charge in [0.1, 0.15) is 0 Å². The zero-order valence-corrected chi connectivity index (χ0v) is 47.9. The van der Waals surface area contributed by atoms with Crippen LogP contribution in [0.4, 0.5) is 34.1 Å². The van der Waals surface area contributed by atoms with E-state index < -0.39 is 0 Å². The standard InChI is InChI=1S/2C33H47N3/c2*1-9-34(10-2)28-17-15-27(16-18-28)33(31-21-19-29(23-25(31)7)35(11-3)12-4)32-22-20-30(24-26(32)8)36(13-5)14-6/h2*15-24,33H,9-14H2,1-8H3. The Bertz CT molecular complexity index is 2240. The Kier molecular flexibility index (Phi) is 22.0. The second-order valence-corrected chi connectivity index (χ2v) is 19.2. The zero-order valence-electron chi connectivity index (χ0n) is 47.9. The molecule has 0 amide bonds. The van der Waals surface area contributed by atoms with E-state index in [4.69, 9.17) is 0 Å². The molecule has 6 heteroatoms. The lowest BCUT2D eigenvalue weighted by Crippen LogP contribution is -2.22. The first-order valence-electron chi connectivity index (χ1n) is 27.9. The largest absolute Gasteiger partial charge is 0.372 e. The Morgan fingerprint density at radius 1 is 0.236 bits per heavy atom. The van der Waals surface area contributed by atoms with Gasteiger partial charge in [0.2, 0.25) is 0 Å². The number of nitrogens with zero attached hydrogens (tertiary/aromatic N) is 6. The van der Waals surface area contributed by atoms with Crippen molar-refractivity contribution in [1.29, 1.82) is 0 Å². The Hall–Kier alpha value is -5.88. The third-order valence-electron chi connectivity index (χ3n) is 15.5. The highest BCUT2D eigenvalue weighted by Crippen LogP contribution is 2.40. The lowest BCUT2D eigenvalue weighted by molar-refractivity contribution is 0.857. The summed E-state index contributed by atoms with van der Waals surface area (Å²) in [6, 6.07) is 46.8. The van der Waals surface area contributed by atoms with Gasteiger partial charge in [-0.15, -0.1) is 0 Å². The number of benzene rings is 6. The zero-order chi connectivity index (χ0) is 52.5. The van der Waals surface area contributed by atoms with Gasteiger partial charge in [-0.05, 0) is 239 Å². The van der Waals surface area contributed by atoms with E-state index in [1.54, 1.807) is 0 Å². The molecule has 0 aliphatic carbocycles. The van der Waals surface area contributed by atoms with E-state index in [2.05, 4.69) is 262 Å². The quantitative estimate of drug-likeness (QED) is 0.0559. The molecule has 6 aromatic rings. The van der Waals surface area contributed by atoms with Crippen LogP contribution < -0.4 is 29.4 Å². The summed E-state index contributed by atoms with van der Waals surface area (Å²) in [6.45, 7) is 48.1. The van der Waals surface area contributed by atoms with Crippen molar-refractivity contribution in [3.63, 3.8) is 0 Å². The molecular formula is C66H94N6. The average Bonchev–Trinajstić information content (AvgIpc) is 3.39. The minimum atomic E-state index is 0.201. The summed E-state index contributed by atoms with van der Waals surface area (Å²) in [5, 5.41) is 0. The average molecular weight is 972 g/mol. The number of hydrogen-bond donors (Lipinski definition) is 0. The van der Waals surface area contributed by atoms with Gasteiger partial charge in [0.05, 0.1) is 0 Å². The van der Waals surface area contributed by atoms with Gasteiger partial charge in [0.25, 0.3) is 0 Å². The van der Waals surface area contributed by atoms with E-state index >= 15 is 0 Å². The molecule has 0 heterocycles. The first kappa shape index (κ1) is 57.0. The van der Waals surface area contributed by atoms with E-state index in [1.165, 1.54) is 89.8 Å². The third-order valence-corrected chi connectivity index (χ3v) is 15.5. The van der Waals surface area contributed by atoms with Crippen molar-refractivity contribution in [3.8, 4) is 0 Å². The van der Waals surface area contributed by atoms with Crippen LogP contribution in [0.5, 0.6) is 0 Å². The number of anilines is 6. The first-order chi connectivity index (χ1) is 34.8. The molecule has 6 nitrogen and oxygen atoms in total. The highest BCUT2D eigenvalue weighted by Gasteiger charge is 2.24. The monoisotopic (exact) mass is 971 g/mol. The maximum absolute atomic E-state index is 2.43. The molecule has 0 aromatic heterocycles. The summed E-state index contributed by atoms with van der Waals surface area (Å²) in [4.78, 5) is 14.5. The fraction of sp³-hybridized carbons (Fsp3) is 0.455. The maximum atomic E-state index is 2.43. The Morgan fingerprint density at radius 2 is 0.403 bits per heavy atom. The molecule has 0 saturated carbocycles. The van der Waals surface area contributed by atoms with Crippen LogP contribution in [0.25, 0.3) is 0 Å². The van der Waals surface area contributed by atoms with E-state index in [9.17, 15) is 0 Å². The van der Waals surface area contributed by atoms with Crippen LogP contribution in [-0.4, -0.2) is 78.5 Å². The smallest absolute Gasteiger partial charge is 0.0368 e. The molecule has 388 valence electrons. The highest BCUT2D eigenvalue weighted by atomic mass is 15.1. The first-order valence-corrected chi connectivity index (χ1v) is 27.9. The number of rotatable bonds is 24. The van der Waals surface area contributed by atoms with Gasteiger partial charge in [-0.3, -0.25) is 0 Å². The van der Waals surface area contributed by atoms with Crippen molar-refractivity contribution >= 4 is 34.1 Å². The predicted molar refractivity (Wildman–Crippen MR) is 321 cm³/mol. The van der Waals surface area contributed by atoms with Crippen LogP contribution in [0, 0.1) is 27.7 Å². The second-order valence-electron chi connectivity index (χ2n) is 19.2. The van der Waals surface area contributed by atoms with E-state index in [1.807, 2.05) is 0 Å². The summed E-state index contributed by atoms with van der Waals surface area (Å²) in [7, 11) is 0. The van der Waals surface area contributed by atoms with Gasteiger partial charge in [0, 0.05) is 124 Å². The topological polar surface area (TPSA) is 19.4 Å². The van der Waals surface area contributed by atoms with Crippen LogP contribution in [0.3, 0.4) is 0 Å². The van der Waals surface area contributed by atoms with Crippen LogP contribution in [0.2, 0.25) is 0 Å². The fourth-order valence-corrected chi connectivity index (χ4v) is 11.1. The fourth-order valence-electron chi connectivity index (χ4n) is 11.1. The number of hydrogen-bond acceptors (Lipinski definition) is 6. The lowest BCUT2D eigenvalue weighted by Gasteiger charge is -2.28. The predicted octanol–water partition coefficient (Wildman–Crippen LogP) is 16.0. The van der Waals surface area contributed by atoms with E-state index in [0.29, 0.717) is 0 Å². The molecule has 0 unspecified atom stereocenters. The molecule has 0 aliphatic heterocycles. The van der Waals surface area contributed by atoms with Gasteiger partial charge >= 0.3 is 0 Å². The molecule has 0 saturated heterocycles. The van der Waals surface area contributed by atoms with Crippen molar-refractivity contribution in [2.75, 3.05) is 108 Å². The van der Waals surface area contributed by atoms with Crippen molar-refractivity contribution in [2.24, 2.45) is 0 Å². The van der Waals surface area contributed by atoms with Crippen LogP contribution in [0.15, 0.2) is 121 Å². The summed E-state index contributed by atoms with van der Waals surface area (Å²) in [5.74, 6) is 0.402. The summed E-state index contributed by atoms with van der Waals surface area (Å²) in [5.41, 5.74) is 21.5. The lowest BCUT2D eigenvalue weighted by atomic mass is 9.81. The van der Waals surface area contributed by atoms with Crippen molar-refractivity contribution in [2.45, 2.75) is 123 Å². The molecule has 0 fully saturated rings. The molecule has 6 aromatic carbocycles. The molecule has 0 N–H and O–H groups in total. The molecule has 72 heavy (non-hydrogen) atoms. The van der Waals surface area contributed by atoms with Crippen LogP contribution >= 0.6 is 0 Å². The minimum absolute atomic E-state index is 0.201. The summed E-state index contributed by atoms with van der Waals surface area (Å²) < 4.78 is 0. The summed E-state index contributed by atoms with van der Waals surface area (Å²) in [6.07, 6.45) is 0. The minimum Gasteiger partial charge on any atom is -0.372 e.